The van der Waals surface area contributed by atoms with E-state index in [4.69, 9.17) is 4.74 Å². The lowest BCUT2D eigenvalue weighted by Crippen LogP contribution is -2.43. The van der Waals surface area contributed by atoms with E-state index in [0.717, 1.165) is 32.4 Å². The van der Waals surface area contributed by atoms with Crippen molar-refractivity contribution in [2.24, 2.45) is 0 Å². The highest BCUT2D eigenvalue weighted by atomic mass is 16.5. The second-order valence-corrected chi connectivity index (χ2v) is 4.64. The van der Waals surface area contributed by atoms with Crippen LogP contribution in [0.1, 0.15) is 38.5 Å². The highest BCUT2D eigenvalue weighted by molar-refractivity contribution is 4.93. The molecular formula is C11H21NO2. The quantitative estimate of drug-likeness (QED) is 0.711. The Bertz CT molecular complexity index is 172. The van der Waals surface area contributed by atoms with Crippen molar-refractivity contribution in [1.29, 1.82) is 0 Å². The van der Waals surface area contributed by atoms with Crippen molar-refractivity contribution in [3.63, 3.8) is 0 Å². The fourth-order valence-electron chi connectivity index (χ4n) is 2.61. The van der Waals surface area contributed by atoms with Crippen LogP contribution in [0.4, 0.5) is 0 Å². The molecule has 2 N–H and O–H groups in total. The Hall–Kier alpha value is -0.120. The van der Waals surface area contributed by atoms with Crippen LogP contribution in [-0.2, 0) is 4.74 Å². The summed E-state index contributed by atoms with van der Waals surface area (Å²) in [6.07, 6.45) is 7.37. The Morgan fingerprint density at radius 3 is 2.93 bits per heavy atom. The predicted octanol–water partition coefficient (Wildman–Crippen LogP) is 1.06. The van der Waals surface area contributed by atoms with Crippen LogP contribution < -0.4 is 5.32 Å². The molecule has 0 radical (unpaired) electrons. The van der Waals surface area contributed by atoms with Gasteiger partial charge in [-0.2, -0.15) is 0 Å². The smallest absolute Gasteiger partial charge is 0.0613 e. The van der Waals surface area contributed by atoms with Crippen LogP contribution in [-0.4, -0.2) is 36.5 Å². The summed E-state index contributed by atoms with van der Waals surface area (Å²) in [7, 11) is 0. The second-order valence-electron chi connectivity index (χ2n) is 4.64. The lowest BCUT2D eigenvalue weighted by molar-refractivity contribution is 0.0847. The van der Waals surface area contributed by atoms with Crippen LogP contribution in [0, 0.1) is 0 Å². The first-order valence-electron chi connectivity index (χ1n) is 5.82. The van der Waals surface area contributed by atoms with Crippen LogP contribution in [0.3, 0.4) is 0 Å². The lowest BCUT2D eigenvalue weighted by Gasteiger charge is -2.28. The molecule has 0 aromatic rings. The number of aliphatic hydroxyl groups is 1. The van der Waals surface area contributed by atoms with Crippen molar-refractivity contribution >= 4 is 0 Å². The van der Waals surface area contributed by atoms with Crippen molar-refractivity contribution in [1.82, 2.24) is 5.32 Å². The first-order valence-corrected chi connectivity index (χ1v) is 5.82. The van der Waals surface area contributed by atoms with E-state index < -0.39 is 0 Å². The maximum Gasteiger partial charge on any atom is 0.0613 e. The number of aliphatic hydroxyl groups excluding tert-OH is 1. The summed E-state index contributed by atoms with van der Waals surface area (Å²) in [5.41, 5.74) is 0.0198. The summed E-state index contributed by atoms with van der Waals surface area (Å²) in [6, 6.07) is 0. The van der Waals surface area contributed by atoms with Gasteiger partial charge in [0.05, 0.1) is 12.7 Å². The van der Waals surface area contributed by atoms with Gasteiger partial charge in [-0.3, -0.25) is 0 Å². The number of nitrogens with one attached hydrogen (secondary N) is 1. The molecule has 0 aliphatic carbocycles. The van der Waals surface area contributed by atoms with Crippen LogP contribution in [0.2, 0.25) is 0 Å². The third-order valence-corrected chi connectivity index (χ3v) is 3.60. The molecule has 0 bridgehead atoms. The molecule has 2 atom stereocenters. The Morgan fingerprint density at radius 2 is 2.36 bits per heavy atom. The van der Waals surface area contributed by atoms with Gasteiger partial charge in [-0.15, -0.1) is 0 Å². The molecule has 2 heterocycles. The summed E-state index contributed by atoms with van der Waals surface area (Å²) >= 11 is 0. The van der Waals surface area contributed by atoms with E-state index in [1.54, 1.807) is 0 Å². The molecule has 0 aromatic carbocycles. The summed E-state index contributed by atoms with van der Waals surface area (Å²) in [5.74, 6) is 0. The molecule has 2 rings (SSSR count). The molecule has 0 spiro atoms. The standard InChI is InChI=1S/C11H21NO2/c13-9-11(5-2-7-12-11)6-4-10-3-1-8-14-10/h10,12-13H,1-9H2. The second kappa shape index (κ2) is 4.60. The monoisotopic (exact) mass is 199 g/mol. The Labute approximate surface area is 85.8 Å². The molecular weight excluding hydrogens is 178 g/mol. The van der Waals surface area contributed by atoms with Crippen molar-refractivity contribution in [3.05, 3.63) is 0 Å². The summed E-state index contributed by atoms with van der Waals surface area (Å²) in [4.78, 5) is 0. The summed E-state index contributed by atoms with van der Waals surface area (Å²) in [5, 5.41) is 12.8. The van der Waals surface area contributed by atoms with E-state index in [2.05, 4.69) is 5.32 Å². The molecule has 0 saturated carbocycles. The first-order chi connectivity index (χ1) is 6.85. The van der Waals surface area contributed by atoms with Crippen LogP contribution in [0.15, 0.2) is 0 Å². The van der Waals surface area contributed by atoms with Crippen molar-refractivity contribution in [2.45, 2.75) is 50.2 Å². The number of rotatable bonds is 4. The SMILES string of the molecule is OCC1(CCC2CCCO2)CCCN1. The van der Waals surface area contributed by atoms with Gasteiger partial charge in [0, 0.05) is 12.1 Å². The highest BCUT2D eigenvalue weighted by Crippen LogP contribution is 2.27. The highest BCUT2D eigenvalue weighted by Gasteiger charge is 2.33. The topological polar surface area (TPSA) is 41.5 Å². The third kappa shape index (κ3) is 2.27. The van der Waals surface area contributed by atoms with Crippen molar-refractivity contribution < 1.29 is 9.84 Å². The molecule has 3 heteroatoms. The minimum Gasteiger partial charge on any atom is -0.394 e. The van der Waals surface area contributed by atoms with Crippen LogP contribution >= 0.6 is 0 Å². The molecule has 2 fully saturated rings. The minimum absolute atomic E-state index is 0.0198. The van der Waals surface area contributed by atoms with E-state index >= 15 is 0 Å². The average Bonchev–Trinajstić information content (AvgIpc) is 2.87. The van der Waals surface area contributed by atoms with Gasteiger partial charge in [0.15, 0.2) is 0 Å². The zero-order valence-corrected chi connectivity index (χ0v) is 8.80. The summed E-state index contributed by atoms with van der Waals surface area (Å²) in [6.45, 7) is 2.27. The van der Waals surface area contributed by atoms with Crippen LogP contribution in [0.25, 0.3) is 0 Å². The minimum atomic E-state index is 0.0198. The van der Waals surface area contributed by atoms with Gasteiger partial charge < -0.3 is 15.2 Å². The fraction of sp³-hybridized carbons (Fsp3) is 1.00. The van der Waals surface area contributed by atoms with E-state index in [1.165, 1.54) is 19.3 Å². The Kier molecular flexibility index (Phi) is 3.42. The number of hydrogen-bond donors (Lipinski definition) is 2. The molecule has 0 amide bonds. The summed E-state index contributed by atoms with van der Waals surface area (Å²) < 4.78 is 5.59. The molecule has 3 nitrogen and oxygen atoms in total. The fourth-order valence-corrected chi connectivity index (χ4v) is 2.61. The molecule has 2 saturated heterocycles. The van der Waals surface area contributed by atoms with Gasteiger partial charge in [-0.25, -0.2) is 0 Å². The average molecular weight is 199 g/mol. The third-order valence-electron chi connectivity index (χ3n) is 3.60. The zero-order chi connectivity index (χ0) is 9.86. The van der Waals surface area contributed by atoms with E-state index in [9.17, 15) is 5.11 Å². The van der Waals surface area contributed by atoms with Gasteiger partial charge in [0.1, 0.15) is 0 Å². The van der Waals surface area contributed by atoms with Gasteiger partial charge in [-0.05, 0) is 45.1 Å². The van der Waals surface area contributed by atoms with E-state index in [1.807, 2.05) is 0 Å². The number of ether oxygens (including phenoxy) is 1. The van der Waals surface area contributed by atoms with Gasteiger partial charge in [0.25, 0.3) is 0 Å². The van der Waals surface area contributed by atoms with Gasteiger partial charge >= 0.3 is 0 Å². The maximum atomic E-state index is 9.39. The normalized spacial score (nSPS) is 37.9. The molecule has 14 heavy (non-hydrogen) atoms. The van der Waals surface area contributed by atoms with Crippen molar-refractivity contribution in [2.75, 3.05) is 19.8 Å². The largest absolute Gasteiger partial charge is 0.394 e. The molecule has 2 unspecified atom stereocenters. The zero-order valence-electron chi connectivity index (χ0n) is 8.80. The Morgan fingerprint density at radius 1 is 1.43 bits per heavy atom. The van der Waals surface area contributed by atoms with Gasteiger partial charge in [-0.1, -0.05) is 0 Å². The lowest BCUT2D eigenvalue weighted by atomic mass is 9.91. The Balaban J connectivity index is 1.76. The first kappa shape index (κ1) is 10.4. The van der Waals surface area contributed by atoms with Gasteiger partial charge in [0.2, 0.25) is 0 Å². The predicted molar refractivity (Wildman–Crippen MR) is 55.3 cm³/mol. The van der Waals surface area contributed by atoms with E-state index in [0.29, 0.717) is 6.10 Å². The van der Waals surface area contributed by atoms with Crippen LogP contribution in [0.5, 0.6) is 0 Å². The number of hydrogen-bond acceptors (Lipinski definition) is 3. The molecule has 2 aliphatic heterocycles. The molecule has 2 aliphatic rings. The van der Waals surface area contributed by atoms with E-state index in [-0.39, 0.29) is 12.1 Å². The van der Waals surface area contributed by atoms with Crippen molar-refractivity contribution in [3.8, 4) is 0 Å². The maximum absolute atomic E-state index is 9.39. The molecule has 0 aromatic heterocycles. The molecule has 82 valence electrons.